The van der Waals surface area contributed by atoms with Crippen LogP contribution in [-0.2, 0) is 13.0 Å². The topological polar surface area (TPSA) is 41.0 Å². The van der Waals surface area contributed by atoms with Crippen molar-refractivity contribution < 1.29 is 13.2 Å². The highest BCUT2D eigenvalue weighted by Gasteiger charge is 2.29. The number of aromatic nitrogens is 2. The molecule has 1 aromatic carbocycles. The van der Waals surface area contributed by atoms with E-state index in [1.807, 2.05) is 0 Å². The fourth-order valence-electron chi connectivity index (χ4n) is 4.24. The van der Waals surface area contributed by atoms with Crippen LogP contribution in [0.5, 0.6) is 0 Å². The van der Waals surface area contributed by atoms with Gasteiger partial charge in [0.05, 0.1) is 11.8 Å². The van der Waals surface area contributed by atoms with Gasteiger partial charge in [-0.15, -0.1) is 11.3 Å². The van der Waals surface area contributed by atoms with Crippen LogP contribution in [0.2, 0.25) is 0 Å². The highest BCUT2D eigenvalue weighted by atomic mass is 32.1. The first-order chi connectivity index (χ1) is 14.8. The second-order valence-electron chi connectivity index (χ2n) is 8.35. The van der Waals surface area contributed by atoms with Gasteiger partial charge in [0, 0.05) is 30.6 Å². The molecule has 1 aliphatic rings. The fourth-order valence-corrected chi connectivity index (χ4v) is 5.26. The maximum absolute atomic E-state index is 12.8. The van der Waals surface area contributed by atoms with Gasteiger partial charge in [-0.3, -0.25) is 0 Å². The van der Waals surface area contributed by atoms with Gasteiger partial charge in [-0.25, -0.2) is 9.97 Å². The summed E-state index contributed by atoms with van der Waals surface area (Å²) < 4.78 is 38.4. The van der Waals surface area contributed by atoms with E-state index in [2.05, 4.69) is 52.2 Å². The monoisotopic (exact) mass is 448 g/mol. The molecule has 1 saturated heterocycles. The fraction of sp³-hybridized carbons (Fsp3) is 0.478. The van der Waals surface area contributed by atoms with Gasteiger partial charge in [0.15, 0.2) is 0 Å². The Hall–Kier alpha value is -2.19. The van der Waals surface area contributed by atoms with Crippen LogP contribution in [0.4, 0.5) is 19.0 Å². The van der Waals surface area contributed by atoms with Crippen molar-refractivity contribution in [3.8, 4) is 0 Å². The average Bonchev–Trinajstić information content (AvgIpc) is 2.94. The van der Waals surface area contributed by atoms with Crippen molar-refractivity contribution in [3.63, 3.8) is 0 Å². The second kappa shape index (κ2) is 9.12. The summed E-state index contributed by atoms with van der Waals surface area (Å²) in [7, 11) is 0. The lowest BCUT2D eigenvalue weighted by atomic mass is 10.0. The first-order valence-electron chi connectivity index (χ1n) is 10.6. The summed E-state index contributed by atoms with van der Waals surface area (Å²) in [5.41, 5.74) is 3.90. The van der Waals surface area contributed by atoms with E-state index in [9.17, 15) is 13.2 Å². The Balaban J connectivity index is 1.43. The Labute approximate surface area is 184 Å². The van der Waals surface area contributed by atoms with Crippen molar-refractivity contribution >= 4 is 27.4 Å². The van der Waals surface area contributed by atoms with E-state index < -0.39 is 12.6 Å². The number of hydrogen-bond acceptors (Lipinski definition) is 5. The predicted molar refractivity (Wildman–Crippen MR) is 120 cm³/mol. The van der Waals surface area contributed by atoms with E-state index in [4.69, 9.17) is 0 Å². The summed E-state index contributed by atoms with van der Waals surface area (Å²) in [6.07, 6.45) is -0.625. The Morgan fingerprint density at radius 2 is 1.97 bits per heavy atom. The minimum Gasteiger partial charge on any atom is -0.356 e. The molecule has 0 amide bonds. The molecule has 4 rings (SSSR count). The molecule has 3 heterocycles. The minimum atomic E-state index is -4.22. The first kappa shape index (κ1) is 22.0. The molecule has 0 bridgehead atoms. The molecule has 3 aromatic rings. The number of fused-ring (bicyclic) bond motifs is 1. The van der Waals surface area contributed by atoms with Crippen LogP contribution in [0, 0.1) is 13.8 Å². The number of nitrogens with one attached hydrogen (secondary N) is 1. The lowest BCUT2D eigenvalue weighted by Crippen LogP contribution is -2.31. The minimum absolute atomic E-state index is 0.284. The van der Waals surface area contributed by atoms with E-state index in [1.54, 1.807) is 6.07 Å². The number of aryl methyl sites for hydroxylation is 2. The number of thiophene rings is 1. The Morgan fingerprint density at radius 3 is 2.74 bits per heavy atom. The first-order valence-corrected chi connectivity index (χ1v) is 11.4. The molecule has 4 nitrogen and oxygen atoms in total. The number of rotatable bonds is 5. The van der Waals surface area contributed by atoms with E-state index in [0.717, 1.165) is 61.4 Å². The predicted octanol–water partition coefficient (Wildman–Crippen LogP) is 5.56. The van der Waals surface area contributed by atoms with Gasteiger partial charge in [-0.1, -0.05) is 23.8 Å². The molecule has 0 aliphatic carbocycles. The van der Waals surface area contributed by atoms with Crippen LogP contribution >= 0.6 is 11.3 Å². The number of benzene rings is 1. The molecule has 1 N–H and O–H groups in total. The zero-order valence-corrected chi connectivity index (χ0v) is 18.6. The summed E-state index contributed by atoms with van der Waals surface area (Å²) >= 11 is 1.11. The Bertz CT molecular complexity index is 1050. The van der Waals surface area contributed by atoms with Gasteiger partial charge in [0.25, 0.3) is 0 Å². The van der Waals surface area contributed by atoms with E-state index in [1.165, 1.54) is 23.0 Å². The number of halogens is 3. The molecular formula is C23H27F3N4S. The number of nitrogens with zero attached hydrogens (tertiary/aromatic N) is 3. The van der Waals surface area contributed by atoms with Crippen molar-refractivity contribution in [1.82, 2.24) is 15.3 Å². The quantitative estimate of drug-likeness (QED) is 0.555. The molecule has 1 atom stereocenters. The van der Waals surface area contributed by atoms with Crippen LogP contribution in [0.25, 0.3) is 10.2 Å². The van der Waals surface area contributed by atoms with Crippen LogP contribution in [0.3, 0.4) is 0 Å². The summed E-state index contributed by atoms with van der Waals surface area (Å²) in [6, 6.07) is 8.57. The molecule has 0 radical (unpaired) electrons. The third-order valence-electron chi connectivity index (χ3n) is 5.84. The van der Waals surface area contributed by atoms with Crippen LogP contribution in [0.1, 0.15) is 40.8 Å². The van der Waals surface area contributed by atoms with Crippen LogP contribution in [-0.4, -0.2) is 35.3 Å². The molecule has 1 aliphatic heterocycles. The zero-order valence-electron chi connectivity index (χ0n) is 17.8. The van der Waals surface area contributed by atoms with Gasteiger partial charge < -0.3 is 10.2 Å². The summed E-state index contributed by atoms with van der Waals surface area (Å²) in [5.74, 6) is 0.754. The van der Waals surface area contributed by atoms with Crippen LogP contribution < -0.4 is 10.2 Å². The smallest absolute Gasteiger partial charge is 0.356 e. The van der Waals surface area contributed by atoms with Crippen molar-refractivity contribution in [2.24, 2.45) is 0 Å². The van der Waals surface area contributed by atoms with Crippen molar-refractivity contribution in [2.45, 2.75) is 58.3 Å². The number of anilines is 1. The lowest BCUT2D eigenvalue weighted by molar-refractivity contribution is -0.126. The van der Waals surface area contributed by atoms with E-state index in [0.29, 0.717) is 10.9 Å². The van der Waals surface area contributed by atoms with E-state index >= 15 is 0 Å². The Kier molecular flexibility index (Phi) is 6.48. The lowest BCUT2D eigenvalue weighted by Gasteiger charge is -2.22. The third kappa shape index (κ3) is 5.54. The van der Waals surface area contributed by atoms with Gasteiger partial charge in [-0.2, -0.15) is 13.2 Å². The molecule has 8 heteroatoms. The Morgan fingerprint density at radius 1 is 1.13 bits per heavy atom. The molecule has 0 spiro atoms. The van der Waals surface area contributed by atoms with Gasteiger partial charge in [-0.05, 0) is 50.3 Å². The summed E-state index contributed by atoms with van der Waals surface area (Å²) in [4.78, 5) is 11.8. The summed E-state index contributed by atoms with van der Waals surface area (Å²) in [6.45, 7) is 6.76. The van der Waals surface area contributed by atoms with Crippen molar-refractivity contribution in [1.29, 1.82) is 0 Å². The van der Waals surface area contributed by atoms with Crippen molar-refractivity contribution in [3.05, 3.63) is 52.2 Å². The largest absolute Gasteiger partial charge is 0.393 e. The van der Waals surface area contributed by atoms with Crippen molar-refractivity contribution in [2.75, 3.05) is 18.0 Å². The number of alkyl halides is 3. The van der Waals surface area contributed by atoms with E-state index in [-0.39, 0.29) is 4.88 Å². The van der Waals surface area contributed by atoms with Gasteiger partial charge in [0.2, 0.25) is 0 Å². The normalized spacial score (nSPS) is 17.8. The molecule has 1 fully saturated rings. The third-order valence-corrected chi connectivity index (χ3v) is 6.88. The highest BCUT2D eigenvalue weighted by Crippen LogP contribution is 2.34. The number of hydrogen-bond donors (Lipinski definition) is 1. The molecule has 0 saturated carbocycles. The maximum Gasteiger partial charge on any atom is 0.393 e. The second-order valence-corrected chi connectivity index (χ2v) is 9.46. The standard InChI is InChI=1S/C23H27F3N4S/c1-15-5-6-17(16(2)10-15)13-27-18-4-3-8-30(9-7-18)21-20-11-19(12-23(24,25)26)31-22(20)29-14-28-21/h5-6,10-11,14,18,27H,3-4,7-9,12-13H2,1-2H3/t18-/m0/s1. The zero-order chi connectivity index (χ0) is 22.0. The average molecular weight is 449 g/mol. The van der Waals surface area contributed by atoms with Crippen LogP contribution in [0.15, 0.2) is 30.6 Å². The SMILES string of the molecule is Cc1ccc(CN[C@H]2CCCN(c3ncnc4sc(CC(F)(F)F)cc34)CC2)c(C)c1. The molecule has 31 heavy (non-hydrogen) atoms. The molecule has 2 aromatic heterocycles. The highest BCUT2D eigenvalue weighted by molar-refractivity contribution is 7.18. The van der Waals surface area contributed by atoms with Gasteiger partial charge in [0.1, 0.15) is 17.0 Å². The molecule has 166 valence electrons. The van der Waals surface area contributed by atoms with Gasteiger partial charge >= 0.3 is 6.18 Å². The molecule has 0 unspecified atom stereocenters. The molecular weight excluding hydrogens is 421 g/mol. The maximum atomic E-state index is 12.8. The summed E-state index contributed by atoms with van der Waals surface area (Å²) in [5, 5.41) is 4.42.